The number of carbonyl (C=O) groups is 2. The number of rotatable bonds is 5. The number of carbonyl (C=O) groups excluding carboxylic acids is 2. The molecule has 1 aliphatic rings. The lowest BCUT2D eigenvalue weighted by molar-refractivity contribution is -0.143. The molecule has 0 aromatic heterocycles. The van der Waals surface area contributed by atoms with E-state index in [2.05, 4.69) is 5.32 Å². The van der Waals surface area contributed by atoms with Gasteiger partial charge in [0.2, 0.25) is 5.91 Å². The first kappa shape index (κ1) is 11.0. The van der Waals surface area contributed by atoms with Crippen molar-refractivity contribution in [2.75, 3.05) is 13.2 Å². The van der Waals surface area contributed by atoms with Gasteiger partial charge in [0.1, 0.15) is 0 Å². The van der Waals surface area contributed by atoms with Crippen LogP contribution in [0.4, 0.5) is 0 Å². The Bertz CT molecular complexity index is 211. The van der Waals surface area contributed by atoms with Crippen LogP contribution in [0.15, 0.2) is 0 Å². The summed E-state index contributed by atoms with van der Waals surface area (Å²) in [6, 6.07) is 0. The summed E-state index contributed by atoms with van der Waals surface area (Å²) in [5.41, 5.74) is 0. The fourth-order valence-electron chi connectivity index (χ4n) is 1.34. The minimum absolute atomic E-state index is 0.0838. The lowest BCUT2D eigenvalue weighted by Gasteiger charge is -2.23. The van der Waals surface area contributed by atoms with E-state index in [0.29, 0.717) is 13.2 Å². The van der Waals surface area contributed by atoms with Crippen molar-refractivity contribution in [1.82, 2.24) is 5.32 Å². The van der Waals surface area contributed by atoms with Crippen LogP contribution in [-0.2, 0) is 14.3 Å². The highest BCUT2D eigenvalue weighted by atomic mass is 16.5. The van der Waals surface area contributed by atoms with Gasteiger partial charge in [-0.1, -0.05) is 6.42 Å². The third-order valence-corrected chi connectivity index (χ3v) is 2.41. The molecule has 0 aromatic carbocycles. The highest BCUT2D eigenvalue weighted by Crippen LogP contribution is 2.25. The summed E-state index contributed by atoms with van der Waals surface area (Å²) in [5.74, 6) is 0.0270. The SMILES string of the molecule is CCOC(=O)CCNC(=O)C1CCC1. The van der Waals surface area contributed by atoms with Crippen molar-refractivity contribution in [1.29, 1.82) is 0 Å². The second-order valence-corrected chi connectivity index (χ2v) is 3.47. The van der Waals surface area contributed by atoms with Crippen LogP contribution in [0, 0.1) is 5.92 Å². The first-order valence-electron chi connectivity index (χ1n) is 5.17. The lowest BCUT2D eigenvalue weighted by Crippen LogP contribution is -2.35. The Balaban J connectivity index is 2.02. The van der Waals surface area contributed by atoms with Crippen molar-refractivity contribution < 1.29 is 14.3 Å². The van der Waals surface area contributed by atoms with Crippen molar-refractivity contribution in [3.63, 3.8) is 0 Å². The van der Waals surface area contributed by atoms with Gasteiger partial charge in [0, 0.05) is 12.5 Å². The van der Waals surface area contributed by atoms with Gasteiger partial charge in [0.25, 0.3) is 0 Å². The molecule has 0 spiro atoms. The van der Waals surface area contributed by atoms with E-state index < -0.39 is 0 Å². The summed E-state index contributed by atoms with van der Waals surface area (Å²) < 4.78 is 4.73. The van der Waals surface area contributed by atoms with Crippen LogP contribution in [-0.4, -0.2) is 25.0 Å². The minimum atomic E-state index is -0.249. The monoisotopic (exact) mass is 199 g/mol. The molecule has 1 N–H and O–H groups in total. The summed E-state index contributed by atoms with van der Waals surface area (Å²) >= 11 is 0. The zero-order chi connectivity index (χ0) is 10.4. The summed E-state index contributed by atoms with van der Waals surface area (Å²) in [7, 11) is 0. The molecule has 80 valence electrons. The average Bonchev–Trinajstić information content (AvgIpc) is 2.01. The lowest BCUT2D eigenvalue weighted by atomic mass is 9.85. The number of hydrogen-bond donors (Lipinski definition) is 1. The maximum absolute atomic E-state index is 11.3. The predicted molar refractivity (Wildman–Crippen MR) is 51.6 cm³/mol. The Kier molecular flexibility index (Phi) is 4.43. The maximum Gasteiger partial charge on any atom is 0.307 e. The molecule has 1 aliphatic carbocycles. The zero-order valence-corrected chi connectivity index (χ0v) is 8.54. The standard InChI is InChI=1S/C10H17NO3/c1-2-14-9(12)6-7-11-10(13)8-4-3-5-8/h8H,2-7H2,1H3,(H,11,13). The van der Waals surface area contributed by atoms with E-state index >= 15 is 0 Å². The Hall–Kier alpha value is -1.06. The van der Waals surface area contributed by atoms with E-state index in [0.717, 1.165) is 19.3 Å². The molecule has 1 rings (SSSR count). The Labute approximate surface area is 84.0 Å². The van der Waals surface area contributed by atoms with Gasteiger partial charge in [-0.15, -0.1) is 0 Å². The van der Waals surface area contributed by atoms with Gasteiger partial charge < -0.3 is 10.1 Å². The molecule has 4 heteroatoms. The van der Waals surface area contributed by atoms with E-state index in [4.69, 9.17) is 4.74 Å². The molecule has 4 nitrogen and oxygen atoms in total. The molecule has 0 aromatic rings. The topological polar surface area (TPSA) is 55.4 Å². The highest BCUT2D eigenvalue weighted by molar-refractivity contribution is 5.80. The first-order chi connectivity index (χ1) is 6.74. The molecule has 1 amide bonds. The molecule has 0 atom stereocenters. The first-order valence-corrected chi connectivity index (χ1v) is 5.17. The van der Waals surface area contributed by atoms with E-state index in [1.165, 1.54) is 0 Å². The van der Waals surface area contributed by atoms with Gasteiger partial charge >= 0.3 is 5.97 Å². The van der Waals surface area contributed by atoms with Crippen LogP contribution in [0.3, 0.4) is 0 Å². The van der Waals surface area contributed by atoms with Crippen molar-refractivity contribution in [3.8, 4) is 0 Å². The molecular weight excluding hydrogens is 182 g/mol. The summed E-state index contributed by atoms with van der Waals surface area (Å²) in [4.78, 5) is 22.2. The number of nitrogens with one attached hydrogen (secondary N) is 1. The maximum atomic E-state index is 11.3. The van der Waals surface area contributed by atoms with Gasteiger partial charge in [0.05, 0.1) is 13.0 Å². The summed E-state index contributed by atoms with van der Waals surface area (Å²) in [5, 5.41) is 2.73. The quantitative estimate of drug-likeness (QED) is 0.668. The largest absolute Gasteiger partial charge is 0.466 e. The molecule has 0 heterocycles. The number of hydrogen-bond acceptors (Lipinski definition) is 3. The molecule has 0 radical (unpaired) electrons. The molecular formula is C10H17NO3. The Morgan fingerprint density at radius 2 is 2.14 bits per heavy atom. The summed E-state index contributed by atoms with van der Waals surface area (Å²) in [6.45, 7) is 2.56. The van der Waals surface area contributed by atoms with Gasteiger partial charge in [-0.05, 0) is 19.8 Å². The Morgan fingerprint density at radius 3 is 2.64 bits per heavy atom. The summed E-state index contributed by atoms with van der Waals surface area (Å²) in [6.07, 6.45) is 3.40. The van der Waals surface area contributed by atoms with Crippen LogP contribution >= 0.6 is 0 Å². The predicted octanol–water partition coefficient (Wildman–Crippen LogP) is 0.856. The number of amides is 1. The smallest absolute Gasteiger partial charge is 0.307 e. The number of ether oxygens (including phenoxy) is 1. The fourth-order valence-corrected chi connectivity index (χ4v) is 1.34. The van der Waals surface area contributed by atoms with Crippen LogP contribution in [0.2, 0.25) is 0 Å². The van der Waals surface area contributed by atoms with Crippen LogP contribution < -0.4 is 5.32 Å². The number of esters is 1. The molecule has 0 unspecified atom stereocenters. The van der Waals surface area contributed by atoms with Gasteiger partial charge in [-0.2, -0.15) is 0 Å². The zero-order valence-electron chi connectivity index (χ0n) is 8.54. The van der Waals surface area contributed by atoms with Crippen LogP contribution in [0.1, 0.15) is 32.6 Å². The fraction of sp³-hybridized carbons (Fsp3) is 0.800. The normalized spacial score (nSPS) is 15.8. The van der Waals surface area contributed by atoms with Crippen molar-refractivity contribution >= 4 is 11.9 Å². The third-order valence-electron chi connectivity index (χ3n) is 2.41. The van der Waals surface area contributed by atoms with E-state index in [1.54, 1.807) is 6.92 Å². The molecule has 1 fully saturated rings. The minimum Gasteiger partial charge on any atom is -0.466 e. The Morgan fingerprint density at radius 1 is 1.43 bits per heavy atom. The highest BCUT2D eigenvalue weighted by Gasteiger charge is 2.24. The van der Waals surface area contributed by atoms with Crippen molar-refractivity contribution in [2.45, 2.75) is 32.6 Å². The molecule has 1 saturated carbocycles. The third kappa shape index (κ3) is 3.36. The average molecular weight is 199 g/mol. The van der Waals surface area contributed by atoms with Gasteiger partial charge in [-0.25, -0.2) is 0 Å². The molecule has 14 heavy (non-hydrogen) atoms. The van der Waals surface area contributed by atoms with E-state index in [-0.39, 0.29) is 24.2 Å². The van der Waals surface area contributed by atoms with Crippen LogP contribution in [0.5, 0.6) is 0 Å². The van der Waals surface area contributed by atoms with Gasteiger partial charge in [0.15, 0.2) is 0 Å². The molecule has 0 bridgehead atoms. The second kappa shape index (κ2) is 5.62. The van der Waals surface area contributed by atoms with Crippen molar-refractivity contribution in [2.24, 2.45) is 5.92 Å². The molecule has 0 aliphatic heterocycles. The second-order valence-electron chi connectivity index (χ2n) is 3.47. The van der Waals surface area contributed by atoms with E-state index in [9.17, 15) is 9.59 Å². The van der Waals surface area contributed by atoms with Crippen molar-refractivity contribution in [3.05, 3.63) is 0 Å². The van der Waals surface area contributed by atoms with E-state index in [1.807, 2.05) is 0 Å². The molecule has 0 saturated heterocycles. The van der Waals surface area contributed by atoms with Crippen LogP contribution in [0.25, 0.3) is 0 Å². The van der Waals surface area contributed by atoms with Gasteiger partial charge in [-0.3, -0.25) is 9.59 Å².